The molecule has 2 aromatic rings. The molecule has 1 fully saturated rings. The fourth-order valence-corrected chi connectivity index (χ4v) is 3.16. The normalized spacial score (nSPS) is 15.6. The second kappa shape index (κ2) is 7.51. The average molecular weight is 314 g/mol. The van der Waals surface area contributed by atoms with Gasteiger partial charge in [-0.3, -0.25) is 0 Å². The smallest absolute Gasteiger partial charge is 0.159 e. The van der Waals surface area contributed by atoms with Crippen LogP contribution >= 0.6 is 0 Å². The second-order valence-corrected chi connectivity index (χ2v) is 6.05. The lowest BCUT2D eigenvalue weighted by atomic mass is 9.86. The summed E-state index contributed by atoms with van der Waals surface area (Å²) in [4.78, 5) is 9.26. The first-order valence-electron chi connectivity index (χ1n) is 8.35. The molecule has 0 aliphatic heterocycles. The van der Waals surface area contributed by atoms with Crippen molar-refractivity contribution in [3.8, 4) is 11.4 Å². The molecule has 1 aliphatic rings. The van der Waals surface area contributed by atoms with Crippen molar-refractivity contribution < 1.29 is 4.39 Å². The highest BCUT2D eigenvalue weighted by molar-refractivity contribution is 5.58. The van der Waals surface area contributed by atoms with Crippen LogP contribution in [0.25, 0.3) is 11.4 Å². The van der Waals surface area contributed by atoms with Gasteiger partial charge in [-0.05, 0) is 37.1 Å². The van der Waals surface area contributed by atoms with Crippen molar-refractivity contribution >= 4 is 5.69 Å². The predicted molar refractivity (Wildman–Crippen MR) is 90.8 cm³/mol. The average Bonchev–Trinajstić information content (AvgIpc) is 2.61. The number of benzene rings is 1. The van der Waals surface area contributed by atoms with E-state index in [0.29, 0.717) is 24.8 Å². The molecule has 0 bridgehead atoms. The van der Waals surface area contributed by atoms with E-state index in [9.17, 15) is 4.39 Å². The van der Waals surface area contributed by atoms with E-state index in [2.05, 4.69) is 10.3 Å². The minimum absolute atomic E-state index is 0.248. The summed E-state index contributed by atoms with van der Waals surface area (Å²) in [5, 5.41) is 3.34. The second-order valence-electron chi connectivity index (χ2n) is 6.05. The summed E-state index contributed by atoms with van der Waals surface area (Å²) in [6.07, 6.45) is 7.96. The first-order valence-corrected chi connectivity index (χ1v) is 8.35. The Morgan fingerprint density at radius 2 is 1.87 bits per heavy atom. The van der Waals surface area contributed by atoms with Gasteiger partial charge in [-0.1, -0.05) is 19.3 Å². The highest BCUT2D eigenvalue weighted by Crippen LogP contribution is 2.35. The Bertz CT molecular complexity index is 636. The summed E-state index contributed by atoms with van der Waals surface area (Å²) in [6.45, 7) is 1.28. The fraction of sp³-hybridized carbons (Fsp3) is 0.444. The van der Waals surface area contributed by atoms with Crippen molar-refractivity contribution in [2.24, 2.45) is 5.73 Å². The predicted octanol–water partition coefficient (Wildman–Crippen LogP) is 3.70. The van der Waals surface area contributed by atoms with E-state index in [1.54, 1.807) is 12.1 Å². The Balaban J connectivity index is 1.94. The minimum Gasteiger partial charge on any atom is -0.381 e. The van der Waals surface area contributed by atoms with Crippen LogP contribution in [0.15, 0.2) is 30.5 Å². The van der Waals surface area contributed by atoms with Gasteiger partial charge in [0.05, 0.1) is 17.6 Å². The molecular weight excluding hydrogens is 291 g/mol. The molecule has 0 amide bonds. The van der Waals surface area contributed by atoms with Crippen LogP contribution in [0.3, 0.4) is 0 Å². The van der Waals surface area contributed by atoms with E-state index in [1.165, 1.54) is 31.4 Å². The molecule has 1 aliphatic carbocycles. The lowest BCUT2D eigenvalue weighted by Crippen LogP contribution is -2.17. The van der Waals surface area contributed by atoms with Crippen LogP contribution in [0.4, 0.5) is 10.1 Å². The Labute approximate surface area is 136 Å². The SMILES string of the molecule is NCCNc1cnc(-c2ccc(F)cc2)nc1C1CCCCC1. The molecular formula is C18H23FN4. The van der Waals surface area contributed by atoms with E-state index in [-0.39, 0.29) is 5.82 Å². The monoisotopic (exact) mass is 314 g/mol. The zero-order valence-corrected chi connectivity index (χ0v) is 13.3. The molecule has 1 aromatic heterocycles. The maximum Gasteiger partial charge on any atom is 0.159 e. The first kappa shape index (κ1) is 15.9. The van der Waals surface area contributed by atoms with Crippen LogP contribution in [0.5, 0.6) is 0 Å². The van der Waals surface area contributed by atoms with E-state index in [0.717, 1.165) is 29.8 Å². The summed E-state index contributed by atoms with van der Waals surface area (Å²) < 4.78 is 13.1. The van der Waals surface area contributed by atoms with Crippen LogP contribution < -0.4 is 11.1 Å². The molecule has 1 aromatic carbocycles. The van der Waals surface area contributed by atoms with Crippen molar-refractivity contribution in [1.82, 2.24) is 9.97 Å². The molecule has 0 spiro atoms. The molecule has 1 saturated carbocycles. The van der Waals surface area contributed by atoms with Gasteiger partial charge in [0.15, 0.2) is 5.82 Å². The van der Waals surface area contributed by atoms with Crippen molar-refractivity contribution in [2.45, 2.75) is 38.0 Å². The van der Waals surface area contributed by atoms with Crippen molar-refractivity contribution in [2.75, 3.05) is 18.4 Å². The lowest BCUT2D eigenvalue weighted by Gasteiger charge is -2.24. The third-order valence-electron chi connectivity index (χ3n) is 4.37. The number of nitrogens with zero attached hydrogens (tertiary/aromatic N) is 2. The molecule has 122 valence electrons. The molecule has 3 N–H and O–H groups in total. The van der Waals surface area contributed by atoms with Gasteiger partial charge < -0.3 is 11.1 Å². The van der Waals surface area contributed by atoms with Gasteiger partial charge in [-0.2, -0.15) is 0 Å². The van der Waals surface area contributed by atoms with Crippen molar-refractivity contribution in [1.29, 1.82) is 0 Å². The molecule has 0 saturated heterocycles. The highest BCUT2D eigenvalue weighted by atomic mass is 19.1. The van der Waals surface area contributed by atoms with Crippen LogP contribution in [-0.4, -0.2) is 23.1 Å². The topological polar surface area (TPSA) is 63.8 Å². The number of rotatable bonds is 5. The van der Waals surface area contributed by atoms with Gasteiger partial charge >= 0.3 is 0 Å². The Morgan fingerprint density at radius 3 is 2.57 bits per heavy atom. The largest absolute Gasteiger partial charge is 0.381 e. The molecule has 1 heterocycles. The molecule has 4 nitrogen and oxygen atoms in total. The number of hydrogen-bond donors (Lipinski definition) is 2. The first-order chi connectivity index (χ1) is 11.3. The standard InChI is InChI=1S/C18H23FN4/c19-15-8-6-14(7-9-15)18-22-12-16(21-11-10-20)17(23-18)13-4-2-1-3-5-13/h6-9,12-13,21H,1-5,10-11,20H2. The summed E-state index contributed by atoms with van der Waals surface area (Å²) in [5.74, 6) is 0.873. The fourth-order valence-electron chi connectivity index (χ4n) is 3.16. The van der Waals surface area contributed by atoms with Crippen LogP contribution in [0.1, 0.15) is 43.7 Å². The number of nitrogens with two attached hydrogens (primary N) is 1. The van der Waals surface area contributed by atoms with E-state index in [1.807, 2.05) is 6.20 Å². The molecule has 0 radical (unpaired) electrons. The minimum atomic E-state index is -0.248. The van der Waals surface area contributed by atoms with E-state index in [4.69, 9.17) is 10.7 Å². The Kier molecular flexibility index (Phi) is 5.18. The van der Waals surface area contributed by atoms with E-state index < -0.39 is 0 Å². The zero-order valence-electron chi connectivity index (χ0n) is 13.3. The lowest BCUT2D eigenvalue weighted by molar-refractivity contribution is 0.437. The van der Waals surface area contributed by atoms with Gasteiger partial charge in [0.1, 0.15) is 5.82 Å². The molecule has 0 unspecified atom stereocenters. The number of hydrogen-bond acceptors (Lipinski definition) is 4. The van der Waals surface area contributed by atoms with Crippen molar-refractivity contribution in [3.63, 3.8) is 0 Å². The number of aromatic nitrogens is 2. The van der Waals surface area contributed by atoms with Gasteiger partial charge in [0.25, 0.3) is 0 Å². The summed E-state index contributed by atoms with van der Waals surface area (Å²) in [5.41, 5.74) is 8.50. The third kappa shape index (κ3) is 3.85. The Morgan fingerprint density at radius 1 is 1.13 bits per heavy atom. The Hall–Kier alpha value is -2.01. The van der Waals surface area contributed by atoms with Crippen LogP contribution in [0.2, 0.25) is 0 Å². The zero-order chi connectivity index (χ0) is 16.1. The number of halogens is 1. The quantitative estimate of drug-likeness (QED) is 0.883. The number of nitrogens with one attached hydrogen (secondary N) is 1. The summed E-state index contributed by atoms with van der Waals surface area (Å²) in [6, 6.07) is 6.34. The van der Waals surface area contributed by atoms with Gasteiger partial charge in [-0.15, -0.1) is 0 Å². The van der Waals surface area contributed by atoms with Crippen LogP contribution in [-0.2, 0) is 0 Å². The van der Waals surface area contributed by atoms with Crippen LogP contribution in [0, 0.1) is 5.82 Å². The molecule has 3 rings (SSSR count). The highest BCUT2D eigenvalue weighted by Gasteiger charge is 2.21. The van der Waals surface area contributed by atoms with Gasteiger partial charge in [-0.25, -0.2) is 14.4 Å². The maximum absolute atomic E-state index is 13.1. The molecule has 23 heavy (non-hydrogen) atoms. The molecule has 5 heteroatoms. The summed E-state index contributed by atoms with van der Waals surface area (Å²) >= 11 is 0. The van der Waals surface area contributed by atoms with Gasteiger partial charge in [0, 0.05) is 24.6 Å². The molecule has 0 atom stereocenters. The van der Waals surface area contributed by atoms with Crippen molar-refractivity contribution in [3.05, 3.63) is 42.0 Å². The van der Waals surface area contributed by atoms with Gasteiger partial charge in [0.2, 0.25) is 0 Å². The van der Waals surface area contributed by atoms with E-state index >= 15 is 0 Å². The third-order valence-corrected chi connectivity index (χ3v) is 4.37. The number of anilines is 1. The maximum atomic E-state index is 13.1. The summed E-state index contributed by atoms with van der Waals surface area (Å²) in [7, 11) is 0.